The Kier molecular flexibility index (Phi) is 5.27. The van der Waals surface area contributed by atoms with Crippen LogP contribution in [0.3, 0.4) is 0 Å². The van der Waals surface area contributed by atoms with Crippen molar-refractivity contribution < 1.29 is 14.3 Å². The third-order valence-electron chi connectivity index (χ3n) is 2.73. The molecule has 0 aliphatic carbocycles. The van der Waals surface area contributed by atoms with Crippen molar-refractivity contribution in [1.82, 2.24) is 4.98 Å². The fraction of sp³-hybridized carbons (Fsp3) is 0.0625. The molecule has 2 rings (SSSR count). The van der Waals surface area contributed by atoms with E-state index in [0.717, 1.165) is 5.56 Å². The van der Waals surface area contributed by atoms with Gasteiger partial charge in [-0.2, -0.15) is 0 Å². The Labute approximate surface area is 132 Å². The van der Waals surface area contributed by atoms with E-state index in [4.69, 9.17) is 11.6 Å². The Balaban J connectivity index is 1.97. The molecule has 1 aromatic heterocycles. The SMILES string of the molecule is COC(=O)c1ccc(NC(=O)/C=C/c2ccc(Cl)cc2)nc1. The van der Waals surface area contributed by atoms with E-state index in [0.29, 0.717) is 16.4 Å². The van der Waals surface area contributed by atoms with Crippen LogP contribution in [0.4, 0.5) is 5.82 Å². The molecule has 5 nitrogen and oxygen atoms in total. The van der Waals surface area contributed by atoms with Gasteiger partial charge in [-0.1, -0.05) is 23.7 Å². The zero-order chi connectivity index (χ0) is 15.9. The molecule has 1 amide bonds. The van der Waals surface area contributed by atoms with Crippen LogP contribution in [0, 0.1) is 0 Å². The van der Waals surface area contributed by atoms with Crippen LogP contribution in [-0.2, 0) is 9.53 Å². The van der Waals surface area contributed by atoms with Crippen molar-refractivity contribution in [3.63, 3.8) is 0 Å². The molecule has 0 spiro atoms. The number of esters is 1. The third kappa shape index (κ3) is 4.43. The lowest BCUT2D eigenvalue weighted by Gasteiger charge is -2.02. The van der Waals surface area contributed by atoms with Gasteiger partial charge in [0.2, 0.25) is 5.91 Å². The van der Waals surface area contributed by atoms with Gasteiger partial charge >= 0.3 is 5.97 Å². The predicted molar refractivity (Wildman–Crippen MR) is 84.7 cm³/mol. The summed E-state index contributed by atoms with van der Waals surface area (Å²) in [7, 11) is 1.29. The van der Waals surface area contributed by atoms with Gasteiger partial charge in [0.05, 0.1) is 12.7 Å². The van der Waals surface area contributed by atoms with Crippen LogP contribution in [0.25, 0.3) is 6.08 Å². The minimum atomic E-state index is -0.479. The van der Waals surface area contributed by atoms with Crippen LogP contribution in [0.2, 0.25) is 5.02 Å². The van der Waals surface area contributed by atoms with Crippen LogP contribution in [-0.4, -0.2) is 24.0 Å². The van der Waals surface area contributed by atoms with Crippen LogP contribution in [0.5, 0.6) is 0 Å². The fourth-order valence-corrected chi connectivity index (χ4v) is 1.75. The number of amides is 1. The first-order chi connectivity index (χ1) is 10.6. The van der Waals surface area contributed by atoms with Gasteiger partial charge in [0.25, 0.3) is 0 Å². The highest BCUT2D eigenvalue weighted by molar-refractivity contribution is 6.30. The second-order valence-electron chi connectivity index (χ2n) is 4.30. The number of benzene rings is 1. The molecule has 1 heterocycles. The summed E-state index contributed by atoms with van der Waals surface area (Å²) in [5.41, 5.74) is 1.17. The zero-order valence-corrected chi connectivity index (χ0v) is 12.5. The molecule has 112 valence electrons. The molecule has 0 atom stereocenters. The second kappa shape index (κ2) is 7.38. The number of methoxy groups -OCH3 is 1. The summed E-state index contributed by atoms with van der Waals surface area (Å²) >= 11 is 5.78. The molecular formula is C16H13ClN2O3. The summed E-state index contributed by atoms with van der Waals surface area (Å²) in [6.45, 7) is 0. The molecule has 6 heteroatoms. The van der Waals surface area contributed by atoms with Crippen molar-refractivity contribution in [1.29, 1.82) is 0 Å². The number of pyridine rings is 1. The second-order valence-corrected chi connectivity index (χ2v) is 4.73. The van der Waals surface area contributed by atoms with E-state index in [1.54, 1.807) is 30.3 Å². The van der Waals surface area contributed by atoms with Gasteiger partial charge in [-0.3, -0.25) is 4.79 Å². The van der Waals surface area contributed by atoms with E-state index in [-0.39, 0.29) is 5.91 Å². The summed E-state index contributed by atoms with van der Waals surface area (Å²) in [6.07, 6.45) is 4.39. The van der Waals surface area contributed by atoms with E-state index in [1.165, 1.54) is 31.5 Å². The number of aromatic nitrogens is 1. The van der Waals surface area contributed by atoms with Crippen LogP contribution in [0.15, 0.2) is 48.7 Å². The number of anilines is 1. The summed E-state index contributed by atoms with van der Waals surface area (Å²) in [5, 5.41) is 3.23. The highest BCUT2D eigenvalue weighted by atomic mass is 35.5. The van der Waals surface area contributed by atoms with E-state index >= 15 is 0 Å². The average molecular weight is 317 g/mol. The number of hydrogen-bond donors (Lipinski definition) is 1. The predicted octanol–water partition coefficient (Wildman–Crippen LogP) is 3.17. The lowest BCUT2D eigenvalue weighted by molar-refractivity contribution is -0.111. The summed E-state index contributed by atoms with van der Waals surface area (Å²) in [5.74, 6) is -0.459. The smallest absolute Gasteiger partial charge is 0.339 e. The molecule has 0 fully saturated rings. The molecule has 0 radical (unpaired) electrons. The van der Waals surface area contributed by atoms with Crippen LogP contribution < -0.4 is 5.32 Å². The minimum absolute atomic E-state index is 0.317. The van der Waals surface area contributed by atoms with E-state index in [2.05, 4.69) is 15.0 Å². The Hall–Kier alpha value is -2.66. The average Bonchev–Trinajstić information content (AvgIpc) is 2.54. The van der Waals surface area contributed by atoms with Crippen LogP contribution >= 0.6 is 11.6 Å². The van der Waals surface area contributed by atoms with Crippen molar-refractivity contribution in [3.8, 4) is 0 Å². The van der Waals surface area contributed by atoms with E-state index in [9.17, 15) is 9.59 Å². The maximum absolute atomic E-state index is 11.8. The number of ether oxygens (including phenoxy) is 1. The number of hydrogen-bond acceptors (Lipinski definition) is 4. The lowest BCUT2D eigenvalue weighted by atomic mass is 10.2. The van der Waals surface area contributed by atoms with Gasteiger partial charge in [0.15, 0.2) is 0 Å². The molecule has 0 aliphatic rings. The fourth-order valence-electron chi connectivity index (χ4n) is 1.62. The number of halogens is 1. The zero-order valence-electron chi connectivity index (χ0n) is 11.7. The molecule has 0 saturated heterocycles. The number of nitrogens with zero attached hydrogens (tertiary/aromatic N) is 1. The first kappa shape index (κ1) is 15.7. The van der Waals surface area contributed by atoms with Gasteiger partial charge in [-0.15, -0.1) is 0 Å². The monoisotopic (exact) mass is 316 g/mol. The first-order valence-corrected chi connectivity index (χ1v) is 6.75. The molecule has 0 unspecified atom stereocenters. The number of nitrogens with one attached hydrogen (secondary N) is 1. The van der Waals surface area contributed by atoms with Crippen molar-refractivity contribution >= 4 is 35.4 Å². The standard InChI is InChI=1S/C16H13ClN2O3/c1-22-16(21)12-5-8-14(18-10-12)19-15(20)9-4-11-2-6-13(17)7-3-11/h2-10H,1H3,(H,18,19,20)/b9-4+. The largest absolute Gasteiger partial charge is 0.465 e. The Bertz CT molecular complexity index is 694. The van der Waals surface area contributed by atoms with Crippen molar-refractivity contribution in [2.75, 3.05) is 12.4 Å². The first-order valence-electron chi connectivity index (χ1n) is 6.37. The van der Waals surface area contributed by atoms with Crippen molar-refractivity contribution in [3.05, 3.63) is 64.8 Å². The molecule has 2 aromatic rings. The van der Waals surface area contributed by atoms with E-state index < -0.39 is 5.97 Å². The number of rotatable bonds is 4. The van der Waals surface area contributed by atoms with Crippen molar-refractivity contribution in [2.45, 2.75) is 0 Å². The van der Waals surface area contributed by atoms with Gasteiger partial charge in [-0.25, -0.2) is 9.78 Å². The molecule has 0 bridgehead atoms. The quantitative estimate of drug-likeness (QED) is 0.695. The van der Waals surface area contributed by atoms with Gasteiger partial charge in [0.1, 0.15) is 5.82 Å². The van der Waals surface area contributed by atoms with Gasteiger partial charge < -0.3 is 10.1 Å². The topological polar surface area (TPSA) is 68.3 Å². The van der Waals surface area contributed by atoms with E-state index in [1.807, 2.05) is 0 Å². The maximum Gasteiger partial charge on any atom is 0.339 e. The van der Waals surface area contributed by atoms with Gasteiger partial charge in [0, 0.05) is 17.3 Å². The highest BCUT2D eigenvalue weighted by Gasteiger charge is 2.06. The molecule has 1 N–H and O–H groups in total. The summed E-state index contributed by atoms with van der Waals surface area (Å²) in [6, 6.07) is 10.1. The molecule has 22 heavy (non-hydrogen) atoms. The summed E-state index contributed by atoms with van der Waals surface area (Å²) < 4.78 is 4.57. The highest BCUT2D eigenvalue weighted by Crippen LogP contribution is 2.11. The number of carbonyl (C=O) groups excluding carboxylic acids is 2. The maximum atomic E-state index is 11.8. The molecule has 0 saturated carbocycles. The van der Waals surface area contributed by atoms with Crippen LogP contribution in [0.1, 0.15) is 15.9 Å². The minimum Gasteiger partial charge on any atom is -0.465 e. The Morgan fingerprint density at radius 3 is 2.50 bits per heavy atom. The molecule has 1 aromatic carbocycles. The number of carbonyl (C=O) groups is 2. The lowest BCUT2D eigenvalue weighted by Crippen LogP contribution is -2.10. The van der Waals surface area contributed by atoms with Gasteiger partial charge in [-0.05, 0) is 35.9 Å². The summed E-state index contributed by atoms with van der Waals surface area (Å²) in [4.78, 5) is 27.0. The molecule has 0 aliphatic heterocycles. The normalized spacial score (nSPS) is 10.5. The Morgan fingerprint density at radius 1 is 1.18 bits per heavy atom. The molecular weight excluding hydrogens is 304 g/mol. The van der Waals surface area contributed by atoms with Crippen molar-refractivity contribution in [2.24, 2.45) is 0 Å². The third-order valence-corrected chi connectivity index (χ3v) is 2.98. The Morgan fingerprint density at radius 2 is 1.91 bits per heavy atom.